The van der Waals surface area contributed by atoms with E-state index in [-0.39, 0.29) is 12.0 Å². The molecule has 0 radical (unpaired) electrons. The molecule has 4 heteroatoms. The highest BCUT2D eigenvalue weighted by Gasteiger charge is 2.27. The van der Waals surface area contributed by atoms with Gasteiger partial charge in [-0.1, -0.05) is 42.5 Å². The quantitative estimate of drug-likeness (QED) is 0.860. The van der Waals surface area contributed by atoms with Gasteiger partial charge in [0.25, 0.3) is 0 Å². The summed E-state index contributed by atoms with van der Waals surface area (Å²) in [5.41, 5.74) is 2.36. The van der Waals surface area contributed by atoms with Gasteiger partial charge in [0.05, 0.1) is 5.92 Å². The zero-order valence-electron chi connectivity index (χ0n) is 14.6. The fourth-order valence-electron chi connectivity index (χ4n) is 3.35. The molecule has 132 valence electrons. The summed E-state index contributed by atoms with van der Waals surface area (Å²) in [6.45, 7) is 4.39. The van der Waals surface area contributed by atoms with Crippen molar-refractivity contribution in [2.24, 2.45) is 5.92 Å². The van der Waals surface area contributed by atoms with E-state index in [9.17, 15) is 4.79 Å². The number of ether oxygens (including phenoxy) is 1. The summed E-state index contributed by atoms with van der Waals surface area (Å²) in [6.07, 6.45) is 1.45. The van der Waals surface area contributed by atoms with E-state index in [4.69, 9.17) is 9.84 Å². The van der Waals surface area contributed by atoms with Gasteiger partial charge in [-0.05, 0) is 56.1 Å². The molecule has 0 aromatic heterocycles. The van der Waals surface area contributed by atoms with Crippen LogP contribution in [0.3, 0.4) is 0 Å². The molecule has 1 fully saturated rings. The van der Waals surface area contributed by atoms with Crippen LogP contribution in [-0.4, -0.2) is 29.1 Å². The van der Waals surface area contributed by atoms with Crippen LogP contribution in [0.4, 0.5) is 0 Å². The Hall–Kier alpha value is -2.33. The monoisotopic (exact) mass is 339 g/mol. The summed E-state index contributed by atoms with van der Waals surface area (Å²) < 4.78 is 5.92. The molecule has 0 amide bonds. The highest BCUT2D eigenvalue weighted by Crippen LogP contribution is 2.28. The molecule has 1 saturated heterocycles. The minimum atomic E-state index is -0.663. The summed E-state index contributed by atoms with van der Waals surface area (Å²) in [7, 11) is 0. The van der Waals surface area contributed by atoms with Crippen molar-refractivity contribution < 1.29 is 14.6 Å². The topological polar surface area (TPSA) is 49.8 Å². The third kappa shape index (κ3) is 4.60. The molecule has 0 saturated carbocycles. The zero-order chi connectivity index (χ0) is 17.6. The minimum absolute atomic E-state index is 0.191. The van der Waals surface area contributed by atoms with Crippen molar-refractivity contribution >= 4 is 5.97 Å². The van der Waals surface area contributed by atoms with Crippen LogP contribution in [0.1, 0.15) is 36.9 Å². The first-order chi connectivity index (χ1) is 12.1. The van der Waals surface area contributed by atoms with Crippen LogP contribution in [0.2, 0.25) is 0 Å². The van der Waals surface area contributed by atoms with Crippen LogP contribution in [0.15, 0.2) is 54.6 Å². The number of rotatable bonds is 6. The van der Waals surface area contributed by atoms with Gasteiger partial charge in [0.1, 0.15) is 12.4 Å². The highest BCUT2D eigenvalue weighted by molar-refractivity contribution is 5.70. The lowest BCUT2D eigenvalue weighted by molar-refractivity contribution is -0.143. The maximum atomic E-state index is 11.1. The molecule has 3 rings (SSSR count). The number of carboxylic acids is 1. The predicted molar refractivity (Wildman–Crippen MR) is 97.6 cm³/mol. The van der Waals surface area contributed by atoms with Crippen molar-refractivity contribution in [1.29, 1.82) is 0 Å². The van der Waals surface area contributed by atoms with Crippen LogP contribution in [0.25, 0.3) is 0 Å². The molecule has 1 heterocycles. The number of benzene rings is 2. The number of carbonyl (C=O) groups is 1. The molecule has 0 aliphatic carbocycles. The standard InChI is InChI=1S/C21H25NO3/c1-16(22-12-10-18(11-13-22)21(23)24)19-8-5-9-20(14-19)25-15-17-6-3-2-4-7-17/h2-9,14,16,18H,10-13,15H2,1H3,(H,23,24). The van der Waals surface area contributed by atoms with E-state index in [2.05, 4.69) is 36.1 Å². The number of nitrogens with zero attached hydrogens (tertiary/aromatic N) is 1. The Bertz CT molecular complexity index is 693. The van der Waals surface area contributed by atoms with E-state index < -0.39 is 5.97 Å². The first-order valence-corrected chi connectivity index (χ1v) is 8.87. The molecule has 1 aliphatic heterocycles. The van der Waals surface area contributed by atoms with Crippen LogP contribution >= 0.6 is 0 Å². The molecule has 1 unspecified atom stereocenters. The summed E-state index contributed by atoms with van der Waals surface area (Å²) in [5, 5.41) is 9.13. The molecular weight excluding hydrogens is 314 g/mol. The van der Waals surface area contributed by atoms with Crippen molar-refractivity contribution in [2.75, 3.05) is 13.1 Å². The SMILES string of the molecule is CC(c1cccc(OCc2ccccc2)c1)N1CCC(C(=O)O)CC1. The molecule has 1 N–H and O–H groups in total. The lowest BCUT2D eigenvalue weighted by Crippen LogP contribution is -2.37. The van der Waals surface area contributed by atoms with Gasteiger partial charge < -0.3 is 9.84 Å². The van der Waals surface area contributed by atoms with Gasteiger partial charge in [-0.3, -0.25) is 9.69 Å². The van der Waals surface area contributed by atoms with Crippen molar-refractivity contribution in [2.45, 2.75) is 32.4 Å². The molecule has 25 heavy (non-hydrogen) atoms. The Morgan fingerprint density at radius 2 is 1.88 bits per heavy atom. The number of likely N-dealkylation sites (tertiary alicyclic amines) is 1. The Morgan fingerprint density at radius 1 is 1.16 bits per heavy atom. The normalized spacial score (nSPS) is 17.2. The smallest absolute Gasteiger partial charge is 0.306 e. The number of aliphatic carboxylic acids is 1. The zero-order valence-corrected chi connectivity index (χ0v) is 14.6. The van der Waals surface area contributed by atoms with E-state index in [1.54, 1.807) is 0 Å². The van der Waals surface area contributed by atoms with E-state index in [1.165, 1.54) is 5.56 Å². The van der Waals surface area contributed by atoms with E-state index in [1.807, 2.05) is 30.3 Å². The van der Waals surface area contributed by atoms with Gasteiger partial charge in [0.15, 0.2) is 0 Å². The second-order valence-electron chi connectivity index (χ2n) is 6.67. The fourth-order valence-corrected chi connectivity index (χ4v) is 3.35. The molecular formula is C21H25NO3. The Kier molecular flexibility index (Phi) is 5.71. The Balaban J connectivity index is 1.60. The molecule has 1 atom stereocenters. The van der Waals surface area contributed by atoms with Crippen LogP contribution < -0.4 is 4.74 Å². The average molecular weight is 339 g/mol. The van der Waals surface area contributed by atoms with E-state index in [0.29, 0.717) is 6.61 Å². The highest BCUT2D eigenvalue weighted by atomic mass is 16.5. The lowest BCUT2D eigenvalue weighted by Gasteiger charge is -2.35. The Morgan fingerprint density at radius 3 is 2.56 bits per heavy atom. The Labute approximate surface area is 149 Å². The predicted octanol–water partition coefficient (Wildman–Crippen LogP) is 4.12. The first-order valence-electron chi connectivity index (χ1n) is 8.87. The third-order valence-corrected chi connectivity index (χ3v) is 5.02. The first kappa shape index (κ1) is 17.5. The molecule has 1 aliphatic rings. The second kappa shape index (κ2) is 8.17. The van der Waals surface area contributed by atoms with Gasteiger partial charge in [-0.15, -0.1) is 0 Å². The largest absolute Gasteiger partial charge is 0.489 e. The minimum Gasteiger partial charge on any atom is -0.489 e. The van der Waals surface area contributed by atoms with Gasteiger partial charge in [-0.25, -0.2) is 0 Å². The average Bonchev–Trinajstić information content (AvgIpc) is 2.67. The van der Waals surface area contributed by atoms with Crippen LogP contribution in [-0.2, 0) is 11.4 Å². The number of hydrogen-bond acceptors (Lipinski definition) is 3. The van der Waals surface area contributed by atoms with Crippen LogP contribution in [0, 0.1) is 5.92 Å². The molecule has 0 bridgehead atoms. The van der Waals surface area contributed by atoms with Gasteiger partial charge in [0, 0.05) is 6.04 Å². The maximum Gasteiger partial charge on any atom is 0.306 e. The van der Waals surface area contributed by atoms with Crippen molar-refractivity contribution in [3.05, 3.63) is 65.7 Å². The van der Waals surface area contributed by atoms with Gasteiger partial charge in [0.2, 0.25) is 0 Å². The van der Waals surface area contributed by atoms with Crippen LogP contribution in [0.5, 0.6) is 5.75 Å². The summed E-state index contributed by atoms with van der Waals surface area (Å²) in [4.78, 5) is 13.5. The van der Waals surface area contributed by atoms with Crippen molar-refractivity contribution in [3.63, 3.8) is 0 Å². The molecule has 2 aromatic carbocycles. The van der Waals surface area contributed by atoms with Gasteiger partial charge in [-0.2, -0.15) is 0 Å². The maximum absolute atomic E-state index is 11.1. The van der Waals surface area contributed by atoms with Crippen molar-refractivity contribution in [1.82, 2.24) is 4.90 Å². The summed E-state index contributed by atoms with van der Waals surface area (Å²) in [5.74, 6) is 0.0150. The van der Waals surface area contributed by atoms with E-state index >= 15 is 0 Å². The van der Waals surface area contributed by atoms with Gasteiger partial charge >= 0.3 is 5.97 Å². The summed E-state index contributed by atoms with van der Waals surface area (Å²) in [6, 6.07) is 18.6. The lowest BCUT2D eigenvalue weighted by atomic mass is 9.95. The molecule has 2 aromatic rings. The fraction of sp³-hybridized carbons (Fsp3) is 0.381. The number of piperidine rings is 1. The van der Waals surface area contributed by atoms with Crippen molar-refractivity contribution in [3.8, 4) is 5.75 Å². The third-order valence-electron chi connectivity index (χ3n) is 5.02. The second-order valence-corrected chi connectivity index (χ2v) is 6.67. The molecule has 4 nitrogen and oxygen atoms in total. The molecule has 0 spiro atoms. The number of hydrogen-bond donors (Lipinski definition) is 1. The van der Waals surface area contributed by atoms with E-state index in [0.717, 1.165) is 37.2 Å². The number of carboxylic acid groups (broad SMARTS) is 1. The summed E-state index contributed by atoms with van der Waals surface area (Å²) >= 11 is 0.